The summed E-state index contributed by atoms with van der Waals surface area (Å²) in [4.78, 5) is 0.763. The van der Waals surface area contributed by atoms with Crippen LogP contribution in [0.2, 0.25) is 0 Å². The maximum Gasteiger partial charge on any atom is 0.152 e. The van der Waals surface area contributed by atoms with E-state index in [1.807, 2.05) is 36.4 Å². The highest BCUT2D eigenvalue weighted by molar-refractivity contribution is 7.90. The highest BCUT2D eigenvalue weighted by Crippen LogP contribution is 2.22. The Kier molecular flexibility index (Phi) is 5.09. The second kappa shape index (κ2) is 7.02. The lowest BCUT2D eigenvalue weighted by molar-refractivity contribution is 0.414. The molecule has 2 aromatic rings. The first-order valence-electron chi connectivity index (χ1n) is 6.37. The van der Waals surface area contributed by atoms with Crippen LogP contribution in [0.1, 0.15) is 11.6 Å². The van der Waals surface area contributed by atoms with Crippen LogP contribution in [0, 0.1) is 11.3 Å². The second-order valence-electron chi connectivity index (χ2n) is 4.46. The monoisotopic (exact) mass is 300 g/mol. The lowest BCUT2D eigenvalue weighted by Gasteiger charge is -2.14. The largest absolute Gasteiger partial charge is 0.612 e. The topological polar surface area (TPSA) is 68.1 Å². The molecule has 0 aliphatic heterocycles. The van der Waals surface area contributed by atoms with Gasteiger partial charge in [-0.1, -0.05) is 12.1 Å². The third kappa shape index (κ3) is 3.91. The van der Waals surface area contributed by atoms with Gasteiger partial charge in [0.25, 0.3) is 0 Å². The molecule has 0 aliphatic carbocycles. The molecule has 0 radical (unpaired) electrons. The maximum absolute atomic E-state index is 11.3. The van der Waals surface area contributed by atoms with Crippen molar-refractivity contribution >= 4 is 16.9 Å². The van der Waals surface area contributed by atoms with E-state index in [-0.39, 0.29) is 0 Å². The van der Waals surface area contributed by atoms with E-state index < -0.39 is 17.2 Å². The van der Waals surface area contributed by atoms with E-state index in [1.54, 1.807) is 25.5 Å². The van der Waals surface area contributed by atoms with Gasteiger partial charge in [0.05, 0.1) is 13.2 Å². The summed E-state index contributed by atoms with van der Waals surface area (Å²) < 4.78 is 16.4. The van der Waals surface area contributed by atoms with E-state index in [1.165, 1.54) is 0 Å². The van der Waals surface area contributed by atoms with E-state index in [0.29, 0.717) is 0 Å². The number of hydrogen-bond acceptors (Lipinski definition) is 4. The van der Waals surface area contributed by atoms with Crippen molar-refractivity contribution in [2.24, 2.45) is 0 Å². The zero-order valence-corrected chi connectivity index (χ0v) is 12.7. The number of nitriles is 1. The molecule has 0 saturated heterocycles. The van der Waals surface area contributed by atoms with Gasteiger partial charge in [-0.3, -0.25) is 0 Å². The van der Waals surface area contributed by atoms with Crippen LogP contribution in [-0.2, 0) is 11.2 Å². The number of rotatable bonds is 5. The molecule has 0 aromatic heterocycles. The minimum Gasteiger partial charge on any atom is -0.612 e. The minimum absolute atomic E-state index is 0.450. The molecule has 5 heteroatoms. The summed E-state index contributed by atoms with van der Waals surface area (Å²) >= 11 is -0.998. The van der Waals surface area contributed by atoms with E-state index >= 15 is 0 Å². The molecule has 0 amide bonds. The Balaban J connectivity index is 2.13. The van der Waals surface area contributed by atoms with Crippen LogP contribution in [0.3, 0.4) is 0 Å². The standard InChI is InChI=1S/C16H16N2O2S/c1-20-14-7-3-12(4-8-14)16(11-17)18-13-5-9-15(10-6-13)21(2)19/h3-10,16,18H,1-2H3. The lowest BCUT2D eigenvalue weighted by Crippen LogP contribution is -2.08. The number of benzene rings is 2. The molecule has 0 fully saturated rings. The van der Waals surface area contributed by atoms with Gasteiger partial charge in [-0.2, -0.15) is 5.26 Å². The molecule has 0 bridgehead atoms. The predicted molar refractivity (Wildman–Crippen MR) is 83.7 cm³/mol. The Morgan fingerprint density at radius 2 is 1.76 bits per heavy atom. The molecule has 1 N–H and O–H groups in total. The molecule has 21 heavy (non-hydrogen) atoms. The minimum atomic E-state index is -0.998. The summed E-state index contributed by atoms with van der Waals surface area (Å²) in [6.45, 7) is 0. The summed E-state index contributed by atoms with van der Waals surface area (Å²) in [7, 11) is 1.61. The maximum atomic E-state index is 11.3. The zero-order chi connectivity index (χ0) is 15.2. The Morgan fingerprint density at radius 1 is 1.14 bits per heavy atom. The molecule has 0 aliphatic rings. The lowest BCUT2D eigenvalue weighted by atomic mass is 10.1. The highest BCUT2D eigenvalue weighted by atomic mass is 32.2. The predicted octanol–water partition coefficient (Wildman–Crippen LogP) is 3.11. The molecule has 108 valence electrons. The summed E-state index contributed by atoms with van der Waals surface area (Å²) in [5, 5.41) is 12.5. The van der Waals surface area contributed by atoms with Crippen LogP contribution < -0.4 is 10.1 Å². The van der Waals surface area contributed by atoms with E-state index in [4.69, 9.17) is 4.74 Å². The van der Waals surface area contributed by atoms with Crippen LogP contribution in [0.4, 0.5) is 5.69 Å². The van der Waals surface area contributed by atoms with Crippen molar-refractivity contribution in [3.8, 4) is 11.8 Å². The van der Waals surface area contributed by atoms with Gasteiger partial charge in [-0.15, -0.1) is 0 Å². The average molecular weight is 300 g/mol. The Labute approximate surface area is 127 Å². The van der Waals surface area contributed by atoms with E-state index in [0.717, 1.165) is 21.9 Å². The molecule has 2 atom stereocenters. The first-order valence-corrected chi connectivity index (χ1v) is 7.93. The molecular weight excluding hydrogens is 284 g/mol. The number of methoxy groups -OCH3 is 1. The molecule has 0 saturated carbocycles. The normalized spacial score (nSPS) is 13.0. The van der Waals surface area contributed by atoms with Gasteiger partial charge in [0, 0.05) is 5.69 Å². The summed E-state index contributed by atoms with van der Waals surface area (Å²) in [6.07, 6.45) is 1.64. The van der Waals surface area contributed by atoms with Gasteiger partial charge in [-0.25, -0.2) is 0 Å². The number of nitrogens with zero attached hydrogens (tertiary/aromatic N) is 1. The number of ether oxygens (including phenoxy) is 1. The van der Waals surface area contributed by atoms with Gasteiger partial charge in [-0.05, 0) is 53.1 Å². The molecule has 2 aromatic carbocycles. The Hall–Kier alpha value is -2.16. The number of anilines is 1. The average Bonchev–Trinajstić information content (AvgIpc) is 2.53. The van der Waals surface area contributed by atoms with Crippen molar-refractivity contribution in [2.45, 2.75) is 10.9 Å². The van der Waals surface area contributed by atoms with Crippen molar-refractivity contribution in [1.29, 1.82) is 5.26 Å². The number of nitrogens with one attached hydrogen (secondary N) is 1. The zero-order valence-electron chi connectivity index (χ0n) is 11.9. The van der Waals surface area contributed by atoms with Crippen molar-refractivity contribution in [3.63, 3.8) is 0 Å². The third-order valence-corrected chi connectivity index (χ3v) is 4.01. The fourth-order valence-corrected chi connectivity index (χ4v) is 2.42. The third-order valence-electron chi connectivity index (χ3n) is 3.08. The van der Waals surface area contributed by atoms with Crippen LogP contribution in [-0.4, -0.2) is 17.9 Å². The second-order valence-corrected chi connectivity index (χ2v) is 5.84. The first kappa shape index (κ1) is 15.2. The summed E-state index contributed by atoms with van der Waals surface area (Å²) in [5.41, 5.74) is 1.67. The fraction of sp³-hybridized carbons (Fsp3) is 0.188. The summed E-state index contributed by atoms with van der Waals surface area (Å²) in [5.74, 6) is 0.755. The van der Waals surface area contributed by atoms with Gasteiger partial charge in [0.1, 0.15) is 18.0 Å². The molecule has 4 nitrogen and oxygen atoms in total. The van der Waals surface area contributed by atoms with Gasteiger partial charge in [0.15, 0.2) is 4.90 Å². The quantitative estimate of drug-likeness (QED) is 0.861. The van der Waals surface area contributed by atoms with E-state index in [2.05, 4.69) is 11.4 Å². The van der Waals surface area contributed by atoms with Crippen molar-refractivity contribution in [3.05, 3.63) is 54.1 Å². The van der Waals surface area contributed by atoms with Crippen LogP contribution in [0.15, 0.2) is 53.4 Å². The van der Waals surface area contributed by atoms with Crippen LogP contribution >= 0.6 is 0 Å². The van der Waals surface area contributed by atoms with Crippen LogP contribution in [0.5, 0.6) is 5.75 Å². The van der Waals surface area contributed by atoms with E-state index in [9.17, 15) is 9.81 Å². The van der Waals surface area contributed by atoms with Gasteiger partial charge < -0.3 is 14.6 Å². The first-order chi connectivity index (χ1) is 10.1. The SMILES string of the molecule is COc1ccc(C(C#N)Nc2ccc([S+](C)[O-])cc2)cc1. The summed E-state index contributed by atoms with van der Waals surface area (Å²) in [6, 6.07) is 16.4. The Bertz CT molecular complexity index is 618. The highest BCUT2D eigenvalue weighted by Gasteiger charge is 2.11. The molecule has 2 unspecified atom stereocenters. The number of hydrogen-bond donors (Lipinski definition) is 1. The Morgan fingerprint density at radius 3 is 2.24 bits per heavy atom. The van der Waals surface area contributed by atoms with Crippen LogP contribution in [0.25, 0.3) is 0 Å². The fourth-order valence-electron chi connectivity index (χ4n) is 1.90. The van der Waals surface area contributed by atoms with Crippen molar-refractivity contribution < 1.29 is 9.29 Å². The van der Waals surface area contributed by atoms with Crippen molar-refractivity contribution in [2.75, 3.05) is 18.7 Å². The molecule has 2 rings (SSSR count). The molecule has 0 heterocycles. The smallest absolute Gasteiger partial charge is 0.152 e. The molecule has 0 spiro atoms. The molecular formula is C16H16N2O2S. The van der Waals surface area contributed by atoms with Gasteiger partial charge in [0.2, 0.25) is 0 Å². The van der Waals surface area contributed by atoms with Crippen molar-refractivity contribution in [1.82, 2.24) is 0 Å². The van der Waals surface area contributed by atoms with Gasteiger partial charge >= 0.3 is 0 Å².